The number of hydrogen-bond acceptors (Lipinski definition) is 5. The smallest absolute Gasteiger partial charge is 0.239 e. The van der Waals surface area contributed by atoms with Gasteiger partial charge in [-0.1, -0.05) is 12.1 Å². The molecule has 0 saturated carbocycles. The quantitative estimate of drug-likeness (QED) is 0.638. The number of carbonyl (C=O) groups excluding carboxylic acids is 2. The van der Waals surface area contributed by atoms with Crippen molar-refractivity contribution in [2.45, 2.75) is 13.5 Å². The van der Waals surface area contributed by atoms with E-state index in [4.69, 9.17) is 4.74 Å². The van der Waals surface area contributed by atoms with Crippen LogP contribution >= 0.6 is 15.9 Å². The predicted molar refractivity (Wildman–Crippen MR) is 112 cm³/mol. The maximum absolute atomic E-state index is 12.4. The third kappa shape index (κ3) is 7.28. The number of ether oxygens (including phenoxy) is 1. The number of rotatable bonds is 9. The molecule has 0 fully saturated rings. The van der Waals surface area contributed by atoms with Crippen molar-refractivity contribution < 1.29 is 14.3 Å². The van der Waals surface area contributed by atoms with E-state index in [0.717, 1.165) is 15.8 Å². The topological polar surface area (TPSA) is 74.8 Å². The van der Waals surface area contributed by atoms with E-state index in [0.29, 0.717) is 19.0 Å². The molecular weight excluding hydrogens is 424 g/mol. The van der Waals surface area contributed by atoms with Gasteiger partial charge in [-0.05, 0) is 59.7 Å². The lowest BCUT2D eigenvalue weighted by molar-refractivity contribution is -0.131. The van der Waals surface area contributed by atoms with Crippen molar-refractivity contribution in [2.24, 2.45) is 0 Å². The Morgan fingerprint density at radius 3 is 2.43 bits per heavy atom. The van der Waals surface area contributed by atoms with Gasteiger partial charge in [-0.25, -0.2) is 4.98 Å². The Balaban J connectivity index is 1.78. The van der Waals surface area contributed by atoms with Gasteiger partial charge in [-0.2, -0.15) is 0 Å². The number of hydrogen-bond donors (Lipinski definition) is 1. The van der Waals surface area contributed by atoms with Crippen LogP contribution in [-0.4, -0.2) is 60.4 Å². The highest BCUT2D eigenvalue weighted by atomic mass is 79.9. The van der Waals surface area contributed by atoms with Crippen LogP contribution in [0.15, 0.2) is 47.1 Å². The van der Waals surface area contributed by atoms with E-state index >= 15 is 0 Å². The Morgan fingerprint density at radius 2 is 1.82 bits per heavy atom. The second-order valence-electron chi connectivity index (χ2n) is 6.41. The van der Waals surface area contributed by atoms with Gasteiger partial charge in [0.2, 0.25) is 11.8 Å². The Morgan fingerprint density at radius 1 is 1.11 bits per heavy atom. The van der Waals surface area contributed by atoms with Crippen molar-refractivity contribution in [3.05, 3.63) is 52.6 Å². The molecule has 0 saturated heterocycles. The molecule has 2 aromatic rings. The maximum atomic E-state index is 12.4. The van der Waals surface area contributed by atoms with Crippen LogP contribution in [-0.2, 0) is 16.1 Å². The fourth-order valence-corrected chi connectivity index (χ4v) is 2.74. The van der Waals surface area contributed by atoms with Gasteiger partial charge in [0.1, 0.15) is 11.6 Å². The lowest BCUT2D eigenvalue weighted by atomic mass is 10.2. The van der Waals surface area contributed by atoms with Crippen molar-refractivity contribution in [2.75, 3.05) is 39.1 Å². The molecule has 0 atom stereocenters. The van der Waals surface area contributed by atoms with Gasteiger partial charge in [0.05, 0.1) is 19.7 Å². The van der Waals surface area contributed by atoms with E-state index in [-0.39, 0.29) is 24.9 Å². The summed E-state index contributed by atoms with van der Waals surface area (Å²) in [6.45, 7) is 3.30. The summed E-state index contributed by atoms with van der Waals surface area (Å²) in [5, 5.41) is 2.71. The average Bonchev–Trinajstić information content (AvgIpc) is 2.65. The van der Waals surface area contributed by atoms with Gasteiger partial charge in [0.15, 0.2) is 0 Å². The Hall–Kier alpha value is -2.45. The molecule has 1 aromatic heterocycles. The number of anilines is 1. The molecule has 7 nitrogen and oxygen atoms in total. The molecule has 0 aliphatic carbocycles. The van der Waals surface area contributed by atoms with Crippen molar-refractivity contribution in [3.63, 3.8) is 0 Å². The zero-order chi connectivity index (χ0) is 20.5. The normalized spacial score (nSPS) is 10.6. The number of nitrogens with one attached hydrogen (secondary N) is 1. The minimum atomic E-state index is -0.223. The lowest BCUT2D eigenvalue weighted by Gasteiger charge is -2.21. The van der Waals surface area contributed by atoms with Crippen LogP contribution in [0.4, 0.5) is 5.82 Å². The predicted octanol–water partition coefficient (Wildman–Crippen LogP) is 2.77. The molecule has 28 heavy (non-hydrogen) atoms. The van der Waals surface area contributed by atoms with Crippen molar-refractivity contribution in [1.82, 2.24) is 14.8 Å². The number of halogens is 1. The van der Waals surface area contributed by atoms with E-state index in [9.17, 15) is 9.59 Å². The molecule has 0 bridgehead atoms. The van der Waals surface area contributed by atoms with Crippen LogP contribution in [0.2, 0.25) is 0 Å². The first-order valence-corrected chi connectivity index (χ1v) is 9.72. The van der Waals surface area contributed by atoms with Gasteiger partial charge in [0, 0.05) is 24.3 Å². The summed E-state index contributed by atoms with van der Waals surface area (Å²) >= 11 is 3.29. The molecule has 2 rings (SSSR count). The number of benzene rings is 1. The number of pyridine rings is 1. The minimum Gasteiger partial charge on any atom is -0.494 e. The van der Waals surface area contributed by atoms with Crippen LogP contribution in [0.25, 0.3) is 0 Å². The summed E-state index contributed by atoms with van der Waals surface area (Å²) in [6.07, 6.45) is 1.61. The molecule has 8 heteroatoms. The van der Waals surface area contributed by atoms with E-state index in [1.165, 1.54) is 0 Å². The van der Waals surface area contributed by atoms with E-state index in [1.807, 2.05) is 31.2 Å². The molecule has 1 N–H and O–H groups in total. The standard InChI is InChI=1S/C20H25BrN4O3/c1-4-28-17-8-5-15(6-9-17)12-25(3)20(27)14-24(2)13-19(26)23-18-10-7-16(21)11-22-18/h5-11H,4,12-14H2,1-3H3,(H,22,23,26). The zero-order valence-electron chi connectivity index (χ0n) is 16.3. The molecular formula is C20H25BrN4O3. The zero-order valence-corrected chi connectivity index (χ0v) is 17.9. The van der Waals surface area contributed by atoms with Gasteiger partial charge in [-0.15, -0.1) is 0 Å². The van der Waals surface area contributed by atoms with Crippen molar-refractivity contribution in [1.29, 1.82) is 0 Å². The van der Waals surface area contributed by atoms with Gasteiger partial charge < -0.3 is 15.0 Å². The maximum Gasteiger partial charge on any atom is 0.239 e. The largest absolute Gasteiger partial charge is 0.494 e. The van der Waals surface area contributed by atoms with Crippen LogP contribution < -0.4 is 10.1 Å². The summed E-state index contributed by atoms with van der Waals surface area (Å²) < 4.78 is 6.26. The average molecular weight is 449 g/mol. The summed E-state index contributed by atoms with van der Waals surface area (Å²) in [5.74, 6) is 0.997. The second-order valence-corrected chi connectivity index (χ2v) is 7.32. The van der Waals surface area contributed by atoms with Crippen LogP contribution in [0, 0.1) is 0 Å². The first-order chi connectivity index (χ1) is 13.4. The van der Waals surface area contributed by atoms with Crippen LogP contribution in [0.3, 0.4) is 0 Å². The summed E-state index contributed by atoms with van der Waals surface area (Å²) in [7, 11) is 3.48. The lowest BCUT2D eigenvalue weighted by Crippen LogP contribution is -2.39. The highest BCUT2D eigenvalue weighted by molar-refractivity contribution is 9.10. The number of carbonyl (C=O) groups is 2. The van der Waals surface area contributed by atoms with E-state index in [2.05, 4.69) is 26.2 Å². The number of aromatic nitrogens is 1. The monoisotopic (exact) mass is 448 g/mol. The molecule has 2 amide bonds. The Kier molecular flexibility index (Phi) is 8.41. The van der Waals surface area contributed by atoms with Crippen molar-refractivity contribution in [3.8, 4) is 5.75 Å². The summed E-state index contributed by atoms with van der Waals surface area (Å²) in [4.78, 5) is 31.9. The highest BCUT2D eigenvalue weighted by Gasteiger charge is 2.15. The fraction of sp³-hybridized carbons (Fsp3) is 0.350. The first kappa shape index (κ1) is 21.8. The van der Waals surface area contributed by atoms with E-state index < -0.39 is 0 Å². The molecule has 1 heterocycles. The Labute approximate surface area is 173 Å². The van der Waals surface area contributed by atoms with Gasteiger partial charge >= 0.3 is 0 Å². The Bertz CT molecular complexity index is 781. The summed E-state index contributed by atoms with van der Waals surface area (Å²) in [6, 6.07) is 11.2. The SMILES string of the molecule is CCOc1ccc(CN(C)C(=O)CN(C)CC(=O)Nc2ccc(Br)cn2)cc1. The fourth-order valence-electron chi connectivity index (χ4n) is 2.50. The van der Waals surface area contributed by atoms with Gasteiger partial charge in [-0.3, -0.25) is 14.5 Å². The van der Waals surface area contributed by atoms with E-state index in [1.54, 1.807) is 42.2 Å². The molecule has 0 spiro atoms. The third-order valence-electron chi connectivity index (χ3n) is 3.89. The molecule has 0 radical (unpaired) electrons. The molecule has 0 aliphatic rings. The molecule has 1 aromatic carbocycles. The third-order valence-corrected chi connectivity index (χ3v) is 4.36. The van der Waals surface area contributed by atoms with Crippen LogP contribution in [0.5, 0.6) is 5.75 Å². The number of nitrogens with zero attached hydrogens (tertiary/aromatic N) is 3. The summed E-state index contributed by atoms with van der Waals surface area (Å²) in [5.41, 5.74) is 1.01. The van der Waals surface area contributed by atoms with Crippen molar-refractivity contribution >= 4 is 33.6 Å². The molecule has 0 unspecified atom stereocenters. The first-order valence-electron chi connectivity index (χ1n) is 8.93. The number of amides is 2. The number of likely N-dealkylation sites (N-methyl/N-ethyl adjacent to an activating group) is 2. The van der Waals surface area contributed by atoms with Crippen LogP contribution in [0.1, 0.15) is 12.5 Å². The molecule has 150 valence electrons. The molecule has 0 aliphatic heterocycles. The second kappa shape index (κ2) is 10.8. The highest BCUT2D eigenvalue weighted by Crippen LogP contribution is 2.13. The minimum absolute atomic E-state index is 0.0639. The van der Waals surface area contributed by atoms with Gasteiger partial charge in [0.25, 0.3) is 0 Å².